The third kappa shape index (κ3) is 3.75. The maximum absolute atomic E-state index is 13.1. The fourth-order valence-corrected chi connectivity index (χ4v) is 2.46. The summed E-state index contributed by atoms with van der Waals surface area (Å²) in [5, 5.41) is 6.02. The molecule has 112 valence electrons. The first-order chi connectivity index (χ1) is 9.86. The molecule has 0 saturated heterocycles. The van der Waals surface area contributed by atoms with Crippen LogP contribution in [0, 0.1) is 25.5 Å². The number of aryl methyl sites for hydroxylation is 2. The summed E-state index contributed by atoms with van der Waals surface area (Å²) < 4.78 is 25.9. The number of hydrogen-bond acceptors (Lipinski definition) is 4. The van der Waals surface area contributed by atoms with Gasteiger partial charge in [-0.05, 0) is 32.9 Å². The van der Waals surface area contributed by atoms with Crippen LogP contribution in [0.1, 0.15) is 17.5 Å². The molecule has 1 atom stereocenters. The third-order valence-electron chi connectivity index (χ3n) is 2.95. The number of rotatable bonds is 4. The van der Waals surface area contributed by atoms with Gasteiger partial charge in [-0.1, -0.05) is 0 Å². The van der Waals surface area contributed by atoms with Gasteiger partial charge in [0.15, 0.2) is 16.8 Å². The van der Waals surface area contributed by atoms with Crippen molar-refractivity contribution in [1.29, 1.82) is 0 Å². The number of nitrogens with one attached hydrogen (secondary N) is 2. The highest BCUT2D eigenvalue weighted by Crippen LogP contribution is 2.21. The molecule has 0 aliphatic rings. The van der Waals surface area contributed by atoms with Gasteiger partial charge < -0.3 is 10.6 Å². The summed E-state index contributed by atoms with van der Waals surface area (Å²) in [6.45, 7) is 5.42. The van der Waals surface area contributed by atoms with Crippen molar-refractivity contribution < 1.29 is 13.6 Å². The highest BCUT2D eigenvalue weighted by atomic mass is 32.1. The third-order valence-corrected chi connectivity index (χ3v) is 3.94. The van der Waals surface area contributed by atoms with Gasteiger partial charge in [0.25, 0.3) is 0 Å². The molecule has 2 aromatic rings. The van der Waals surface area contributed by atoms with Gasteiger partial charge >= 0.3 is 0 Å². The molecule has 0 saturated carbocycles. The lowest BCUT2D eigenvalue weighted by atomic mass is 10.2. The van der Waals surface area contributed by atoms with Gasteiger partial charge in [-0.2, -0.15) is 0 Å². The zero-order valence-corrected chi connectivity index (χ0v) is 12.6. The first kappa shape index (κ1) is 15.4. The van der Waals surface area contributed by atoms with E-state index in [4.69, 9.17) is 0 Å². The van der Waals surface area contributed by atoms with Gasteiger partial charge in [0.1, 0.15) is 6.04 Å². The Balaban J connectivity index is 2.00. The van der Waals surface area contributed by atoms with E-state index in [1.165, 1.54) is 17.4 Å². The number of amides is 1. The molecular weight excluding hydrogens is 296 g/mol. The minimum atomic E-state index is -0.959. The second-order valence-electron chi connectivity index (χ2n) is 4.64. The zero-order valence-electron chi connectivity index (χ0n) is 11.8. The Morgan fingerprint density at radius 2 is 2.00 bits per heavy atom. The molecule has 0 fully saturated rings. The Labute approximate surface area is 125 Å². The lowest BCUT2D eigenvalue weighted by molar-refractivity contribution is -0.116. The van der Waals surface area contributed by atoms with Crippen molar-refractivity contribution in [1.82, 2.24) is 4.98 Å². The van der Waals surface area contributed by atoms with Crippen LogP contribution < -0.4 is 10.6 Å². The average molecular weight is 311 g/mol. The average Bonchev–Trinajstić information content (AvgIpc) is 2.72. The van der Waals surface area contributed by atoms with Gasteiger partial charge in [0.2, 0.25) is 5.91 Å². The second-order valence-corrected chi connectivity index (χ2v) is 5.85. The molecule has 7 heteroatoms. The first-order valence-corrected chi connectivity index (χ1v) is 7.15. The Morgan fingerprint density at radius 1 is 1.29 bits per heavy atom. The largest absolute Gasteiger partial charge is 0.374 e. The van der Waals surface area contributed by atoms with E-state index in [1.807, 2.05) is 13.8 Å². The van der Waals surface area contributed by atoms with Crippen molar-refractivity contribution in [2.45, 2.75) is 26.8 Å². The molecule has 4 nitrogen and oxygen atoms in total. The normalized spacial score (nSPS) is 12.0. The minimum Gasteiger partial charge on any atom is -0.374 e. The molecule has 2 rings (SSSR count). The van der Waals surface area contributed by atoms with Gasteiger partial charge in [0, 0.05) is 16.6 Å². The SMILES string of the molecule is Cc1nc(NC(=O)[C@@H](C)Nc2ccc(F)c(F)c2)sc1C. The van der Waals surface area contributed by atoms with Crippen LogP contribution in [0.4, 0.5) is 19.6 Å². The van der Waals surface area contributed by atoms with Crippen LogP contribution in [0.15, 0.2) is 18.2 Å². The number of carbonyl (C=O) groups is 1. The van der Waals surface area contributed by atoms with Gasteiger partial charge in [0.05, 0.1) is 5.69 Å². The van der Waals surface area contributed by atoms with Crippen LogP contribution in [0.5, 0.6) is 0 Å². The van der Waals surface area contributed by atoms with Crippen molar-refractivity contribution in [3.05, 3.63) is 40.4 Å². The molecule has 2 N–H and O–H groups in total. The van der Waals surface area contributed by atoms with Crippen LogP contribution in [-0.2, 0) is 4.79 Å². The smallest absolute Gasteiger partial charge is 0.248 e. The maximum atomic E-state index is 13.1. The molecule has 0 spiro atoms. The van der Waals surface area contributed by atoms with E-state index in [1.54, 1.807) is 6.92 Å². The number of benzene rings is 1. The summed E-state index contributed by atoms with van der Waals surface area (Å²) in [6.07, 6.45) is 0. The second kappa shape index (κ2) is 6.17. The van der Waals surface area contributed by atoms with Crippen LogP contribution in [0.3, 0.4) is 0 Å². The fraction of sp³-hybridized carbons (Fsp3) is 0.286. The van der Waals surface area contributed by atoms with Crippen molar-refractivity contribution in [2.24, 2.45) is 0 Å². The molecule has 21 heavy (non-hydrogen) atoms. The molecular formula is C14H15F2N3OS. The fourth-order valence-electron chi connectivity index (χ4n) is 1.64. The molecule has 1 aromatic carbocycles. The Bertz CT molecular complexity index is 653. The minimum absolute atomic E-state index is 0.298. The summed E-state index contributed by atoms with van der Waals surface area (Å²) in [5.74, 6) is -2.18. The van der Waals surface area contributed by atoms with E-state index >= 15 is 0 Å². The molecule has 1 aromatic heterocycles. The van der Waals surface area contributed by atoms with E-state index in [-0.39, 0.29) is 5.91 Å². The van der Waals surface area contributed by atoms with Crippen molar-refractivity contribution in [3.8, 4) is 0 Å². The number of halogens is 2. The van der Waals surface area contributed by atoms with Gasteiger partial charge in [-0.25, -0.2) is 13.8 Å². The molecule has 1 heterocycles. The molecule has 0 aliphatic heterocycles. The quantitative estimate of drug-likeness (QED) is 0.909. The maximum Gasteiger partial charge on any atom is 0.248 e. The van der Waals surface area contributed by atoms with Crippen LogP contribution in [0.2, 0.25) is 0 Å². The topological polar surface area (TPSA) is 54.0 Å². The lowest BCUT2D eigenvalue weighted by Crippen LogP contribution is -2.31. The van der Waals surface area contributed by atoms with Crippen LogP contribution in [-0.4, -0.2) is 16.9 Å². The van der Waals surface area contributed by atoms with Crippen molar-refractivity contribution in [2.75, 3.05) is 10.6 Å². The molecule has 0 bridgehead atoms. The van der Waals surface area contributed by atoms with Crippen molar-refractivity contribution >= 4 is 28.1 Å². The molecule has 1 amide bonds. The predicted molar refractivity (Wildman–Crippen MR) is 79.7 cm³/mol. The van der Waals surface area contributed by atoms with E-state index in [0.717, 1.165) is 22.7 Å². The molecule has 0 aliphatic carbocycles. The van der Waals surface area contributed by atoms with E-state index in [9.17, 15) is 13.6 Å². The molecule has 0 unspecified atom stereocenters. The zero-order chi connectivity index (χ0) is 15.6. The number of anilines is 2. The summed E-state index contributed by atoms with van der Waals surface area (Å²) in [5.41, 5.74) is 1.21. The summed E-state index contributed by atoms with van der Waals surface area (Å²) in [7, 11) is 0. The predicted octanol–water partition coefficient (Wildman–Crippen LogP) is 3.48. The number of thiazole rings is 1. The summed E-state index contributed by atoms with van der Waals surface area (Å²) >= 11 is 1.39. The van der Waals surface area contributed by atoms with E-state index in [0.29, 0.717) is 10.8 Å². The standard InChI is InChI=1S/C14H15F2N3OS/c1-7-9(3)21-14(18-7)19-13(20)8(2)17-10-4-5-11(15)12(16)6-10/h4-6,8,17H,1-3H3,(H,18,19,20)/t8-/m1/s1. The van der Waals surface area contributed by atoms with Gasteiger partial charge in [-0.15, -0.1) is 11.3 Å². The van der Waals surface area contributed by atoms with Crippen molar-refractivity contribution in [3.63, 3.8) is 0 Å². The number of aromatic nitrogens is 1. The lowest BCUT2D eigenvalue weighted by Gasteiger charge is -2.14. The highest BCUT2D eigenvalue weighted by Gasteiger charge is 2.15. The van der Waals surface area contributed by atoms with Gasteiger partial charge in [-0.3, -0.25) is 4.79 Å². The highest BCUT2D eigenvalue weighted by molar-refractivity contribution is 7.15. The first-order valence-electron chi connectivity index (χ1n) is 6.33. The van der Waals surface area contributed by atoms with E-state index in [2.05, 4.69) is 15.6 Å². The summed E-state index contributed by atoms with van der Waals surface area (Å²) in [4.78, 5) is 17.3. The number of nitrogens with zero attached hydrogens (tertiary/aromatic N) is 1. The number of hydrogen-bond donors (Lipinski definition) is 2. The number of carbonyl (C=O) groups excluding carboxylic acids is 1. The Kier molecular flexibility index (Phi) is 4.52. The van der Waals surface area contributed by atoms with Crippen LogP contribution >= 0.6 is 11.3 Å². The van der Waals surface area contributed by atoms with Crippen LogP contribution in [0.25, 0.3) is 0 Å². The summed E-state index contributed by atoms with van der Waals surface area (Å²) in [6, 6.07) is 2.78. The Morgan fingerprint density at radius 3 is 2.57 bits per heavy atom. The Hall–Kier alpha value is -2.02. The molecule has 0 radical (unpaired) electrons. The monoisotopic (exact) mass is 311 g/mol. The van der Waals surface area contributed by atoms with E-state index < -0.39 is 17.7 Å².